The first-order chi connectivity index (χ1) is 12.5. The Morgan fingerprint density at radius 3 is 2.27 bits per heavy atom. The van der Waals surface area contributed by atoms with E-state index >= 15 is 0 Å². The number of hydrogen-bond acceptors (Lipinski definition) is 2. The summed E-state index contributed by atoms with van der Waals surface area (Å²) in [4.78, 5) is 25.1. The van der Waals surface area contributed by atoms with E-state index < -0.39 is 6.03 Å². The van der Waals surface area contributed by atoms with E-state index in [0.29, 0.717) is 18.7 Å². The minimum atomic E-state index is -0.569. The molecule has 3 N–H and O–H groups in total. The number of amides is 3. The fraction of sp³-hybridized carbons (Fsp3) is 0.143. The second kappa shape index (κ2) is 7.70. The standard InChI is InChI=1S/C21H21N3O2/c1-24(14-16-8-9-17-4-2-3-5-19(17)12-16)20(25)18-10-6-15(7-11-18)13-23-21(22)26/h2-12H,13-14H2,1H3,(H3,22,23,26). The molecule has 3 amide bonds. The summed E-state index contributed by atoms with van der Waals surface area (Å²) in [6, 6.07) is 21.0. The topological polar surface area (TPSA) is 75.4 Å². The molecule has 3 aromatic carbocycles. The molecule has 132 valence electrons. The van der Waals surface area contributed by atoms with Gasteiger partial charge in [-0.2, -0.15) is 0 Å². The molecule has 0 aromatic heterocycles. The van der Waals surface area contributed by atoms with Crippen LogP contribution in [0.2, 0.25) is 0 Å². The molecule has 0 spiro atoms. The number of carbonyl (C=O) groups is 2. The Labute approximate surface area is 152 Å². The molecule has 3 rings (SSSR count). The lowest BCUT2D eigenvalue weighted by Gasteiger charge is -2.18. The fourth-order valence-electron chi connectivity index (χ4n) is 2.86. The predicted molar refractivity (Wildman–Crippen MR) is 103 cm³/mol. The predicted octanol–water partition coefficient (Wildman–Crippen LogP) is 3.28. The first kappa shape index (κ1) is 17.5. The quantitative estimate of drug-likeness (QED) is 0.743. The number of benzene rings is 3. The number of nitrogens with two attached hydrogens (primary N) is 1. The number of primary amides is 1. The Morgan fingerprint density at radius 1 is 0.923 bits per heavy atom. The summed E-state index contributed by atoms with van der Waals surface area (Å²) in [5.41, 5.74) is 7.63. The number of nitrogens with zero attached hydrogens (tertiary/aromatic N) is 1. The van der Waals surface area contributed by atoms with E-state index in [0.717, 1.165) is 16.5 Å². The van der Waals surface area contributed by atoms with Gasteiger partial charge in [-0.3, -0.25) is 4.79 Å². The molecule has 0 radical (unpaired) electrons. The van der Waals surface area contributed by atoms with Crippen LogP contribution in [0.25, 0.3) is 10.8 Å². The summed E-state index contributed by atoms with van der Waals surface area (Å²) in [6.07, 6.45) is 0. The average Bonchev–Trinajstić information content (AvgIpc) is 2.66. The van der Waals surface area contributed by atoms with E-state index in [4.69, 9.17) is 5.73 Å². The largest absolute Gasteiger partial charge is 0.352 e. The van der Waals surface area contributed by atoms with Crippen LogP contribution in [-0.2, 0) is 13.1 Å². The highest BCUT2D eigenvalue weighted by Gasteiger charge is 2.12. The third-order valence-electron chi connectivity index (χ3n) is 4.25. The van der Waals surface area contributed by atoms with Crippen LogP contribution in [0.4, 0.5) is 4.79 Å². The zero-order valence-electron chi connectivity index (χ0n) is 14.6. The zero-order chi connectivity index (χ0) is 18.5. The van der Waals surface area contributed by atoms with Gasteiger partial charge in [0.05, 0.1) is 0 Å². The maximum atomic E-state index is 12.6. The summed E-state index contributed by atoms with van der Waals surface area (Å²) in [5, 5.41) is 4.87. The van der Waals surface area contributed by atoms with Gasteiger partial charge in [0.15, 0.2) is 0 Å². The molecule has 0 heterocycles. The van der Waals surface area contributed by atoms with Crippen LogP contribution in [0.5, 0.6) is 0 Å². The number of fused-ring (bicyclic) bond motifs is 1. The maximum absolute atomic E-state index is 12.6. The van der Waals surface area contributed by atoms with Crippen LogP contribution in [0.15, 0.2) is 66.7 Å². The van der Waals surface area contributed by atoms with Gasteiger partial charge in [0, 0.05) is 25.7 Å². The third kappa shape index (κ3) is 4.19. The fourth-order valence-corrected chi connectivity index (χ4v) is 2.86. The van der Waals surface area contributed by atoms with Gasteiger partial charge in [-0.25, -0.2) is 4.79 Å². The lowest BCUT2D eigenvalue weighted by molar-refractivity contribution is 0.0785. The minimum absolute atomic E-state index is 0.0485. The molecular formula is C21H21N3O2. The third-order valence-corrected chi connectivity index (χ3v) is 4.25. The van der Waals surface area contributed by atoms with Crippen LogP contribution < -0.4 is 11.1 Å². The highest BCUT2D eigenvalue weighted by molar-refractivity contribution is 5.94. The lowest BCUT2D eigenvalue weighted by Crippen LogP contribution is -2.28. The van der Waals surface area contributed by atoms with Crippen molar-refractivity contribution in [3.63, 3.8) is 0 Å². The Kier molecular flexibility index (Phi) is 5.17. The molecule has 0 atom stereocenters. The highest BCUT2D eigenvalue weighted by atomic mass is 16.2. The summed E-state index contributed by atoms with van der Waals surface area (Å²) in [5.74, 6) is -0.0485. The monoisotopic (exact) mass is 347 g/mol. The summed E-state index contributed by atoms with van der Waals surface area (Å²) < 4.78 is 0. The number of nitrogens with one attached hydrogen (secondary N) is 1. The van der Waals surface area contributed by atoms with Crippen molar-refractivity contribution in [1.82, 2.24) is 10.2 Å². The SMILES string of the molecule is CN(Cc1ccc2ccccc2c1)C(=O)c1ccc(CNC(N)=O)cc1. The van der Waals surface area contributed by atoms with Gasteiger partial charge in [0.2, 0.25) is 0 Å². The van der Waals surface area contributed by atoms with Crippen LogP contribution in [0.1, 0.15) is 21.5 Å². The van der Waals surface area contributed by atoms with E-state index in [1.54, 1.807) is 24.1 Å². The molecule has 0 saturated carbocycles. The molecule has 0 saturated heterocycles. The van der Waals surface area contributed by atoms with Gasteiger partial charge in [-0.1, -0.05) is 48.5 Å². The zero-order valence-corrected chi connectivity index (χ0v) is 14.6. The molecule has 0 unspecified atom stereocenters. The van der Waals surface area contributed by atoms with Crippen molar-refractivity contribution in [2.75, 3.05) is 7.05 Å². The molecule has 0 fully saturated rings. The summed E-state index contributed by atoms with van der Waals surface area (Å²) in [6.45, 7) is 0.880. The molecule has 0 aliphatic carbocycles. The van der Waals surface area contributed by atoms with Gasteiger partial charge >= 0.3 is 6.03 Å². The molecule has 26 heavy (non-hydrogen) atoms. The van der Waals surface area contributed by atoms with Crippen molar-refractivity contribution in [3.05, 3.63) is 83.4 Å². The number of hydrogen-bond donors (Lipinski definition) is 2. The summed E-state index contributed by atoms with van der Waals surface area (Å²) >= 11 is 0. The van der Waals surface area contributed by atoms with Crippen molar-refractivity contribution < 1.29 is 9.59 Å². The number of urea groups is 1. The molecule has 0 aliphatic rings. The van der Waals surface area contributed by atoms with Gasteiger partial charge < -0.3 is 16.0 Å². The second-order valence-electron chi connectivity index (χ2n) is 6.26. The number of rotatable bonds is 5. The van der Waals surface area contributed by atoms with Crippen LogP contribution in [-0.4, -0.2) is 23.9 Å². The van der Waals surface area contributed by atoms with Gasteiger partial charge in [0.25, 0.3) is 5.91 Å². The first-order valence-electron chi connectivity index (χ1n) is 8.38. The number of carbonyl (C=O) groups excluding carboxylic acids is 2. The molecule has 0 bridgehead atoms. The molecule has 5 heteroatoms. The minimum Gasteiger partial charge on any atom is -0.352 e. The van der Waals surface area contributed by atoms with Crippen LogP contribution in [0, 0.1) is 0 Å². The van der Waals surface area contributed by atoms with Crippen molar-refractivity contribution in [2.24, 2.45) is 5.73 Å². The molecule has 3 aromatic rings. The van der Waals surface area contributed by atoms with Gasteiger partial charge in [0.1, 0.15) is 0 Å². The van der Waals surface area contributed by atoms with E-state index in [2.05, 4.69) is 29.6 Å². The van der Waals surface area contributed by atoms with Gasteiger partial charge in [-0.15, -0.1) is 0 Å². The van der Waals surface area contributed by atoms with E-state index in [9.17, 15) is 9.59 Å². The van der Waals surface area contributed by atoms with Crippen molar-refractivity contribution >= 4 is 22.7 Å². The van der Waals surface area contributed by atoms with Crippen LogP contribution >= 0.6 is 0 Å². The Morgan fingerprint density at radius 2 is 1.58 bits per heavy atom. The maximum Gasteiger partial charge on any atom is 0.312 e. The van der Waals surface area contributed by atoms with Crippen molar-refractivity contribution in [3.8, 4) is 0 Å². The molecule has 0 aliphatic heterocycles. The normalized spacial score (nSPS) is 10.5. The van der Waals surface area contributed by atoms with Gasteiger partial charge in [-0.05, 0) is 40.1 Å². The Hall–Kier alpha value is -3.34. The second-order valence-corrected chi connectivity index (χ2v) is 6.26. The van der Waals surface area contributed by atoms with E-state index in [1.807, 2.05) is 30.3 Å². The van der Waals surface area contributed by atoms with Crippen LogP contribution in [0.3, 0.4) is 0 Å². The van der Waals surface area contributed by atoms with Crippen molar-refractivity contribution in [2.45, 2.75) is 13.1 Å². The molecule has 5 nitrogen and oxygen atoms in total. The smallest absolute Gasteiger partial charge is 0.312 e. The Bertz CT molecular complexity index is 935. The average molecular weight is 347 g/mol. The van der Waals surface area contributed by atoms with Crippen molar-refractivity contribution in [1.29, 1.82) is 0 Å². The Balaban J connectivity index is 1.67. The van der Waals surface area contributed by atoms with E-state index in [1.165, 1.54) is 5.39 Å². The highest BCUT2D eigenvalue weighted by Crippen LogP contribution is 2.17. The lowest BCUT2D eigenvalue weighted by atomic mass is 10.1. The first-order valence-corrected chi connectivity index (χ1v) is 8.38. The summed E-state index contributed by atoms with van der Waals surface area (Å²) in [7, 11) is 1.79. The van der Waals surface area contributed by atoms with E-state index in [-0.39, 0.29) is 5.91 Å². The molecular weight excluding hydrogens is 326 g/mol.